The highest BCUT2D eigenvalue weighted by Crippen LogP contribution is 2.29. The first kappa shape index (κ1) is 16.7. The van der Waals surface area contributed by atoms with Crippen LogP contribution in [-0.2, 0) is 0 Å². The van der Waals surface area contributed by atoms with Crippen molar-refractivity contribution in [2.75, 3.05) is 19.5 Å². The van der Waals surface area contributed by atoms with E-state index < -0.39 is 0 Å². The summed E-state index contributed by atoms with van der Waals surface area (Å²) in [7, 11) is 3.02. The van der Waals surface area contributed by atoms with Gasteiger partial charge in [-0.25, -0.2) is 0 Å². The maximum absolute atomic E-state index is 12.5. The van der Waals surface area contributed by atoms with Gasteiger partial charge in [-0.1, -0.05) is 11.6 Å². The molecule has 0 fully saturated rings. The van der Waals surface area contributed by atoms with E-state index in [-0.39, 0.29) is 5.91 Å². The Bertz CT molecular complexity index is 899. The number of ether oxygens (including phenoxy) is 2. The summed E-state index contributed by atoms with van der Waals surface area (Å²) in [6.45, 7) is 0. The lowest BCUT2D eigenvalue weighted by Crippen LogP contribution is -2.13. The molecule has 3 rings (SSSR count). The van der Waals surface area contributed by atoms with Gasteiger partial charge in [0.2, 0.25) is 0 Å². The smallest absolute Gasteiger partial charge is 0.255 e. The van der Waals surface area contributed by atoms with Gasteiger partial charge in [0.15, 0.2) is 0 Å². The molecule has 0 bridgehead atoms. The van der Waals surface area contributed by atoms with Gasteiger partial charge in [-0.05, 0) is 46.8 Å². The van der Waals surface area contributed by atoms with E-state index in [1.807, 2.05) is 0 Å². The molecule has 0 saturated heterocycles. The third-order valence-corrected chi connectivity index (χ3v) is 3.68. The lowest BCUT2D eigenvalue weighted by molar-refractivity contribution is 0.102. The number of methoxy groups -OCH3 is 2. The highest BCUT2D eigenvalue weighted by Gasteiger charge is 2.14. The largest absolute Gasteiger partial charge is 0.495 e. The molecule has 2 aromatic carbocycles. The fraction of sp³-hybridized carbons (Fsp3) is 0.125. The molecule has 0 unspecified atom stereocenters. The minimum atomic E-state index is -0.331. The number of anilines is 1. The van der Waals surface area contributed by atoms with Crippen LogP contribution in [0.5, 0.6) is 11.5 Å². The quantitative estimate of drug-likeness (QED) is 0.752. The fourth-order valence-corrected chi connectivity index (χ4v) is 2.42. The predicted molar refractivity (Wildman–Crippen MR) is 91.7 cm³/mol. The van der Waals surface area contributed by atoms with Crippen LogP contribution in [0.3, 0.4) is 0 Å². The molecule has 0 atom stereocenters. The van der Waals surface area contributed by atoms with Crippen molar-refractivity contribution >= 4 is 23.2 Å². The third-order valence-electron chi connectivity index (χ3n) is 3.45. The van der Waals surface area contributed by atoms with E-state index in [1.54, 1.807) is 36.4 Å². The van der Waals surface area contributed by atoms with Crippen molar-refractivity contribution in [3.63, 3.8) is 0 Å². The summed E-state index contributed by atoms with van der Waals surface area (Å²) < 4.78 is 12.0. The lowest BCUT2D eigenvalue weighted by atomic mass is 10.1. The number of nitrogens with one attached hydrogen (secondary N) is 1. The Morgan fingerprint density at radius 3 is 2.60 bits per heavy atom. The van der Waals surface area contributed by atoms with Gasteiger partial charge in [0.25, 0.3) is 5.91 Å². The van der Waals surface area contributed by atoms with Crippen LogP contribution in [0.2, 0.25) is 5.02 Å². The van der Waals surface area contributed by atoms with Gasteiger partial charge in [-0.2, -0.15) is 4.68 Å². The van der Waals surface area contributed by atoms with Gasteiger partial charge >= 0.3 is 0 Å². The number of benzene rings is 2. The number of amides is 1. The van der Waals surface area contributed by atoms with E-state index in [2.05, 4.69) is 20.8 Å². The summed E-state index contributed by atoms with van der Waals surface area (Å²) >= 11 is 5.98. The van der Waals surface area contributed by atoms with Crippen molar-refractivity contribution in [1.29, 1.82) is 0 Å². The van der Waals surface area contributed by atoms with Crippen LogP contribution in [0.1, 0.15) is 10.4 Å². The molecule has 0 aliphatic carbocycles. The molecule has 9 heteroatoms. The minimum Gasteiger partial charge on any atom is -0.495 e. The molecule has 0 saturated carbocycles. The van der Waals surface area contributed by atoms with Crippen molar-refractivity contribution in [1.82, 2.24) is 20.2 Å². The van der Waals surface area contributed by atoms with Crippen molar-refractivity contribution in [3.05, 3.63) is 53.3 Å². The molecule has 3 aromatic rings. The molecular weight excluding hydrogens is 346 g/mol. The van der Waals surface area contributed by atoms with Crippen LogP contribution in [-0.4, -0.2) is 40.3 Å². The van der Waals surface area contributed by atoms with E-state index >= 15 is 0 Å². The molecule has 8 nitrogen and oxygen atoms in total. The van der Waals surface area contributed by atoms with Crippen LogP contribution in [0.15, 0.2) is 42.7 Å². The Hall–Kier alpha value is -3.13. The average Bonchev–Trinajstić information content (AvgIpc) is 3.15. The second-order valence-corrected chi connectivity index (χ2v) is 5.38. The predicted octanol–water partition coefficient (Wildman–Crippen LogP) is 2.59. The molecule has 1 aromatic heterocycles. The number of hydrogen-bond donors (Lipinski definition) is 1. The second-order valence-electron chi connectivity index (χ2n) is 4.94. The SMILES string of the molecule is COc1ccc(Cl)cc1NC(=O)c1ccc(-n2cnnn2)c(OC)c1. The zero-order valence-electron chi connectivity index (χ0n) is 13.4. The third kappa shape index (κ3) is 3.53. The highest BCUT2D eigenvalue weighted by molar-refractivity contribution is 6.31. The Labute approximate surface area is 148 Å². The summed E-state index contributed by atoms with van der Waals surface area (Å²) in [4.78, 5) is 12.5. The summed E-state index contributed by atoms with van der Waals surface area (Å²) in [6, 6.07) is 9.92. The first-order chi connectivity index (χ1) is 12.1. The molecule has 1 N–H and O–H groups in total. The number of hydrogen-bond acceptors (Lipinski definition) is 6. The molecule has 0 radical (unpaired) electrons. The van der Waals surface area contributed by atoms with Gasteiger partial charge in [-0.15, -0.1) is 5.10 Å². The number of tetrazole rings is 1. The van der Waals surface area contributed by atoms with E-state index in [0.717, 1.165) is 0 Å². The van der Waals surface area contributed by atoms with Crippen LogP contribution in [0.25, 0.3) is 5.69 Å². The first-order valence-corrected chi connectivity index (χ1v) is 7.56. The molecule has 1 heterocycles. The topological polar surface area (TPSA) is 91.2 Å². The first-order valence-electron chi connectivity index (χ1n) is 7.18. The number of carbonyl (C=O) groups excluding carboxylic acids is 1. The van der Waals surface area contributed by atoms with Crippen LogP contribution in [0.4, 0.5) is 5.69 Å². The number of aromatic nitrogens is 4. The van der Waals surface area contributed by atoms with Crippen molar-refractivity contribution in [3.8, 4) is 17.2 Å². The number of rotatable bonds is 5. The molecule has 128 valence electrons. The molecule has 0 aliphatic rings. The van der Waals surface area contributed by atoms with Crippen LogP contribution >= 0.6 is 11.6 Å². The number of nitrogens with zero attached hydrogens (tertiary/aromatic N) is 4. The fourth-order valence-electron chi connectivity index (χ4n) is 2.25. The zero-order chi connectivity index (χ0) is 17.8. The molecule has 0 spiro atoms. The van der Waals surface area contributed by atoms with Crippen molar-refractivity contribution < 1.29 is 14.3 Å². The number of halogens is 1. The normalized spacial score (nSPS) is 10.4. The van der Waals surface area contributed by atoms with E-state index in [1.165, 1.54) is 25.2 Å². The highest BCUT2D eigenvalue weighted by atomic mass is 35.5. The van der Waals surface area contributed by atoms with Gasteiger partial charge in [0.05, 0.1) is 19.9 Å². The molecule has 1 amide bonds. The van der Waals surface area contributed by atoms with Gasteiger partial charge in [0.1, 0.15) is 23.5 Å². The maximum atomic E-state index is 12.5. The summed E-state index contributed by atoms with van der Waals surface area (Å²) in [5, 5.41) is 14.2. The zero-order valence-corrected chi connectivity index (χ0v) is 14.2. The van der Waals surface area contributed by atoms with E-state index in [4.69, 9.17) is 21.1 Å². The summed E-state index contributed by atoms with van der Waals surface area (Å²) in [5.74, 6) is 0.634. The average molecular weight is 360 g/mol. The van der Waals surface area contributed by atoms with Crippen LogP contribution in [0, 0.1) is 0 Å². The molecule has 0 aliphatic heterocycles. The molecule has 25 heavy (non-hydrogen) atoms. The van der Waals surface area contributed by atoms with Crippen LogP contribution < -0.4 is 14.8 Å². The maximum Gasteiger partial charge on any atom is 0.255 e. The minimum absolute atomic E-state index is 0.331. The van der Waals surface area contributed by atoms with E-state index in [9.17, 15) is 4.79 Å². The second kappa shape index (κ2) is 7.18. The number of carbonyl (C=O) groups is 1. The van der Waals surface area contributed by atoms with Gasteiger partial charge in [-0.3, -0.25) is 4.79 Å². The Morgan fingerprint density at radius 2 is 1.92 bits per heavy atom. The Balaban J connectivity index is 1.89. The van der Waals surface area contributed by atoms with Crippen molar-refractivity contribution in [2.45, 2.75) is 0 Å². The van der Waals surface area contributed by atoms with Gasteiger partial charge in [0, 0.05) is 10.6 Å². The monoisotopic (exact) mass is 359 g/mol. The van der Waals surface area contributed by atoms with E-state index in [0.29, 0.717) is 33.5 Å². The lowest BCUT2D eigenvalue weighted by Gasteiger charge is -2.12. The summed E-state index contributed by atoms with van der Waals surface area (Å²) in [5.41, 5.74) is 1.49. The Morgan fingerprint density at radius 1 is 1.12 bits per heavy atom. The molecular formula is C16H14ClN5O3. The van der Waals surface area contributed by atoms with Crippen molar-refractivity contribution in [2.24, 2.45) is 0 Å². The standard InChI is InChI=1S/C16H14ClN5O3/c1-24-14-6-4-11(17)8-12(14)19-16(23)10-3-5-13(15(7-10)25-2)22-9-18-20-21-22/h3-9H,1-2H3,(H,19,23). The van der Waals surface area contributed by atoms with Gasteiger partial charge < -0.3 is 14.8 Å². The summed E-state index contributed by atoms with van der Waals surface area (Å²) in [6.07, 6.45) is 1.44. The Kier molecular flexibility index (Phi) is 4.80.